The molecule has 1 fully saturated rings. The van der Waals surface area contributed by atoms with E-state index in [0.29, 0.717) is 23.9 Å². The van der Waals surface area contributed by atoms with Crippen molar-refractivity contribution < 1.29 is 14.1 Å². The van der Waals surface area contributed by atoms with Gasteiger partial charge in [-0.15, -0.1) is 0 Å². The number of Topliss-reactive ketones (excluding diaryl/α,β-unsaturated/α-hetero) is 1. The highest BCUT2D eigenvalue weighted by molar-refractivity contribution is 8.00. The molecule has 2 aromatic rings. The molecule has 1 aromatic carbocycles. The van der Waals surface area contributed by atoms with Crippen LogP contribution >= 0.6 is 11.8 Å². The minimum absolute atomic E-state index is 0.173. The minimum atomic E-state index is -0.230. The van der Waals surface area contributed by atoms with Crippen LogP contribution in [-0.4, -0.2) is 34.5 Å². The smallest absolute Gasteiger partial charge is 0.238 e. The Hall–Kier alpha value is -1.82. The van der Waals surface area contributed by atoms with E-state index in [1.165, 1.54) is 0 Å². The molecule has 0 radical (unpaired) electrons. The van der Waals surface area contributed by atoms with Gasteiger partial charge >= 0.3 is 0 Å². The van der Waals surface area contributed by atoms with Gasteiger partial charge in [0, 0.05) is 12.2 Å². The largest absolute Gasteiger partial charge is 0.497 e. The van der Waals surface area contributed by atoms with Crippen LogP contribution in [0.5, 0.6) is 5.75 Å². The minimum Gasteiger partial charge on any atom is -0.497 e. The van der Waals surface area contributed by atoms with E-state index in [1.54, 1.807) is 18.9 Å². The number of carbonyl (C=O) groups excluding carboxylic acids is 1. The van der Waals surface area contributed by atoms with Crippen molar-refractivity contribution in [2.75, 3.05) is 18.6 Å². The van der Waals surface area contributed by atoms with Gasteiger partial charge in [0.1, 0.15) is 11.7 Å². The molecular weight excluding hydrogens is 276 g/mol. The number of thioether (sulfide) groups is 1. The first kappa shape index (κ1) is 13.2. The number of rotatable bonds is 4. The fourth-order valence-corrected chi connectivity index (χ4v) is 3.21. The van der Waals surface area contributed by atoms with E-state index in [9.17, 15) is 4.79 Å². The van der Waals surface area contributed by atoms with Crippen LogP contribution in [0.15, 0.2) is 28.8 Å². The molecule has 0 amide bonds. The Bertz CT molecular complexity index is 626. The molecule has 0 N–H and O–H groups in total. The van der Waals surface area contributed by atoms with Crippen molar-refractivity contribution in [1.29, 1.82) is 0 Å². The van der Waals surface area contributed by atoms with Gasteiger partial charge in [-0.3, -0.25) is 4.79 Å². The summed E-state index contributed by atoms with van der Waals surface area (Å²) in [5, 5.41) is 3.96. The van der Waals surface area contributed by atoms with Crippen LogP contribution < -0.4 is 4.74 Å². The van der Waals surface area contributed by atoms with E-state index >= 15 is 0 Å². The van der Waals surface area contributed by atoms with E-state index in [1.807, 2.05) is 24.3 Å². The highest BCUT2D eigenvalue weighted by Crippen LogP contribution is 2.28. The number of aromatic nitrogens is 2. The van der Waals surface area contributed by atoms with E-state index in [-0.39, 0.29) is 11.7 Å². The summed E-state index contributed by atoms with van der Waals surface area (Å²) in [5.41, 5.74) is 1.05. The van der Waals surface area contributed by atoms with Gasteiger partial charge in [0.2, 0.25) is 5.89 Å². The zero-order chi connectivity index (χ0) is 13.9. The normalized spacial score (nSPS) is 18.4. The maximum atomic E-state index is 11.7. The number of hydrogen-bond acceptors (Lipinski definition) is 6. The number of nitrogens with zero attached hydrogens (tertiary/aromatic N) is 2. The first-order chi connectivity index (χ1) is 9.76. The molecule has 0 bridgehead atoms. The Morgan fingerprint density at radius 3 is 3.15 bits per heavy atom. The number of methoxy groups -OCH3 is 1. The molecule has 1 unspecified atom stereocenters. The van der Waals surface area contributed by atoms with E-state index in [2.05, 4.69) is 10.1 Å². The van der Waals surface area contributed by atoms with Crippen molar-refractivity contribution in [3.05, 3.63) is 41.5 Å². The molecular formula is C14H14N2O3S. The summed E-state index contributed by atoms with van der Waals surface area (Å²) in [7, 11) is 1.63. The van der Waals surface area contributed by atoms with Crippen LogP contribution in [0.1, 0.15) is 23.2 Å². The lowest BCUT2D eigenvalue weighted by Gasteiger charge is -2.01. The molecule has 20 heavy (non-hydrogen) atoms. The Kier molecular flexibility index (Phi) is 3.73. The Morgan fingerprint density at radius 2 is 2.40 bits per heavy atom. The summed E-state index contributed by atoms with van der Waals surface area (Å²) >= 11 is 1.61. The van der Waals surface area contributed by atoms with E-state index < -0.39 is 0 Å². The zero-order valence-corrected chi connectivity index (χ0v) is 11.9. The standard InChI is InChI=1S/C14H14N2O3S/c1-18-10-4-2-3-9(5-10)6-13-15-14(19-16-13)11-7-20-8-12(11)17/h2-5,11H,6-8H2,1H3. The van der Waals surface area contributed by atoms with Crippen molar-refractivity contribution in [2.24, 2.45) is 0 Å². The Balaban J connectivity index is 1.75. The van der Waals surface area contributed by atoms with Gasteiger partial charge in [0.15, 0.2) is 11.6 Å². The summed E-state index contributed by atoms with van der Waals surface area (Å²) < 4.78 is 10.4. The summed E-state index contributed by atoms with van der Waals surface area (Å²) in [6, 6.07) is 7.73. The highest BCUT2D eigenvalue weighted by atomic mass is 32.2. The summed E-state index contributed by atoms with van der Waals surface area (Å²) in [6.45, 7) is 0. The number of hydrogen-bond donors (Lipinski definition) is 0. The van der Waals surface area contributed by atoms with Crippen molar-refractivity contribution >= 4 is 17.5 Å². The van der Waals surface area contributed by atoms with Gasteiger partial charge in [0.05, 0.1) is 12.9 Å². The molecule has 1 aliphatic heterocycles. The van der Waals surface area contributed by atoms with Crippen molar-refractivity contribution in [3.8, 4) is 5.75 Å². The second-order valence-electron chi connectivity index (χ2n) is 4.61. The lowest BCUT2D eigenvalue weighted by atomic mass is 10.1. The molecule has 0 spiro atoms. The number of benzene rings is 1. The van der Waals surface area contributed by atoms with E-state index in [4.69, 9.17) is 9.26 Å². The van der Waals surface area contributed by atoms with Crippen LogP contribution in [0.25, 0.3) is 0 Å². The van der Waals surface area contributed by atoms with Gasteiger partial charge < -0.3 is 9.26 Å². The van der Waals surface area contributed by atoms with Crippen molar-refractivity contribution in [3.63, 3.8) is 0 Å². The Labute approximate surface area is 120 Å². The SMILES string of the molecule is COc1cccc(Cc2noc(C3CSCC3=O)n2)c1. The van der Waals surface area contributed by atoms with Gasteiger partial charge in [0.25, 0.3) is 0 Å². The van der Waals surface area contributed by atoms with Crippen molar-refractivity contribution in [2.45, 2.75) is 12.3 Å². The molecule has 1 saturated heterocycles. The third kappa shape index (κ3) is 2.70. The number of carbonyl (C=O) groups is 1. The van der Waals surface area contributed by atoms with Gasteiger partial charge in [-0.05, 0) is 17.7 Å². The maximum absolute atomic E-state index is 11.7. The van der Waals surface area contributed by atoms with Crippen LogP contribution in [0, 0.1) is 0 Å². The lowest BCUT2D eigenvalue weighted by molar-refractivity contribution is -0.117. The van der Waals surface area contributed by atoms with E-state index in [0.717, 1.165) is 17.1 Å². The quantitative estimate of drug-likeness (QED) is 0.859. The monoisotopic (exact) mass is 290 g/mol. The summed E-state index contributed by atoms with van der Waals surface area (Å²) in [4.78, 5) is 16.0. The maximum Gasteiger partial charge on any atom is 0.238 e. The lowest BCUT2D eigenvalue weighted by Crippen LogP contribution is -2.09. The fourth-order valence-electron chi connectivity index (χ4n) is 2.13. The first-order valence-corrected chi connectivity index (χ1v) is 7.47. The second kappa shape index (κ2) is 5.66. The molecule has 104 valence electrons. The van der Waals surface area contributed by atoms with Gasteiger partial charge in [-0.2, -0.15) is 16.7 Å². The van der Waals surface area contributed by atoms with Crippen LogP contribution in [0.2, 0.25) is 0 Å². The van der Waals surface area contributed by atoms with Crippen LogP contribution in [0.3, 0.4) is 0 Å². The molecule has 2 heterocycles. The molecule has 0 saturated carbocycles. The predicted octanol–water partition coefficient (Wildman–Crippen LogP) is 2.07. The molecule has 3 rings (SSSR count). The third-order valence-electron chi connectivity index (χ3n) is 3.20. The molecule has 1 aliphatic rings. The summed E-state index contributed by atoms with van der Waals surface area (Å²) in [6.07, 6.45) is 0.564. The van der Waals surface area contributed by atoms with Gasteiger partial charge in [-0.25, -0.2) is 0 Å². The number of ketones is 1. The molecule has 1 aromatic heterocycles. The molecule has 1 atom stereocenters. The summed E-state index contributed by atoms with van der Waals surface area (Å²) in [5.74, 6) is 3.06. The third-order valence-corrected chi connectivity index (χ3v) is 4.25. The predicted molar refractivity (Wildman–Crippen MR) is 75.2 cm³/mol. The zero-order valence-electron chi connectivity index (χ0n) is 11.0. The topological polar surface area (TPSA) is 65.2 Å². The average Bonchev–Trinajstić information content (AvgIpc) is 3.08. The number of ether oxygens (including phenoxy) is 1. The fraction of sp³-hybridized carbons (Fsp3) is 0.357. The molecule has 6 heteroatoms. The van der Waals surface area contributed by atoms with Crippen molar-refractivity contribution in [1.82, 2.24) is 10.1 Å². The van der Waals surface area contributed by atoms with Gasteiger partial charge in [-0.1, -0.05) is 17.3 Å². The van der Waals surface area contributed by atoms with Crippen LogP contribution in [0.4, 0.5) is 0 Å². The Morgan fingerprint density at radius 1 is 1.50 bits per heavy atom. The average molecular weight is 290 g/mol. The molecule has 0 aliphatic carbocycles. The first-order valence-electron chi connectivity index (χ1n) is 6.32. The van der Waals surface area contributed by atoms with Crippen LogP contribution in [-0.2, 0) is 11.2 Å². The second-order valence-corrected chi connectivity index (χ2v) is 5.64. The molecule has 5 nitrogen and oxygen atoms in total. The highest BCUT2D eigenvalue weighted by Gasteiger charge is 2.31.